The van der Waals surface area contributed by atoms with Crippen molar-refractivity contribution in [2.45, 2.75) is 12.5 Å². The van der Waals surface area contributed by atoms with E-state index >= 15 is 0 Å². The van der Waals surface area contributed by atoms with Crippen LogP contribution in [0.2, 0.25) is 0 Å². The lowest BCUT2D eigenvalue weighted by atomic mass is 10.2. The smallest absolute Gasteiger partial charge is 0.326 e. The second-order valence-electron chi connectivity index (χ2n) is 3.77. The number of carbonyl (C=O) groups is 2. The number of carbonyl (C=O) groups excluding carboxylic acids is 1. The Morgan fingerprint density at radius 3 is 2.30 bits per heavy atom. The third-order valence-corrected chi connectivity index (χ3v) is 2.25. The van der Waals surface area contributed by atoms with Crippen molar-refractivity contribution >= 4 is 17.7 Å². The average Bonchev–Trinajstić information content (AvgIpc) is 2.35. The van der Waals surface area contributed by atoms with E-state index in [9.17, 15) is 22.8 Å². The zero-order valence-electron chi connectivity index (χ0n) is 10.1. The summed E-state index contributed by atoms with van der Waals surface area (Å²) in [4.78, 5) is 22.2. The molecule has 0 aliphatic heterocycles. The summed E-state index contributed by atoms with van der Waals surface area (Å²) < 4.78 is 38.5. The molecule has 0 heterocycles. The summed E-state index contributed by atoms with van der Waals surface area (Å²) >= 11 is 0. The maximum Gasteiger partial charge on any atom is 0.326 e. The van der Waals surface area contributed by atoms with Gasteiger partial charge in [-0.3, -0.25) is 0 Å². The zero-order valence-corrected chi connectivity index (χ0v) is 10.1. The molecule has 1 aromatic rings. The summed E-state index contributed by atoms with van der Waals surface area (Å²) in [7, 11) is 0. The van der Waals surface area contributed by atoms with Gasteiger partial charge in [0.05, 0.1) is 0 Å². The average molecular weight is 288 g/mol. The Labute approximate surface area is 112 Å². The predicted molar refractivity (Wildman–Crippen MR) is 64.7 cm³/mol. The van der Waals surface area contributed by atoms with E-state index in [1.54, 1.807) is 0 Å². The van der Waals surface area contributed by atoms with Crippen LogP contribution in [0, 0.1) is 17.5 Å². The molecule has 0 spiro atoms. The molecule has 1 unspecified atom stereocenters. The van der Waals surface area contributed by atoms with Gasteiger partial charge in [0.25, 0.3) is 0 Å². The van der Waals surface area contributed by atoms with E-state index in [4.69, 9.17) is 5.11 Å². The lowest BCUT2D eigenvalue weighted by Gasteiger charge is -2.13. The van der Waals surface area contributed by atoms with Gasteiger partial charge >= 0.3 is 12.0 Å². The molecule has 0 radical (unpaired) electrons. The Kier molecular flexibility index (Phi) is 5.13. The van der Waals surface area contributed by atoms with E-state index in [1.165, 1.54) is 6.08 Å². The Hall–Kier alpha value is -2.51. The molecule has 0 aromatic heterocycles. The molecular formula is C12H11F3N2O3. The van der Waals surface area contributed by atoms with E-state index in [2.05, 4.69) is 11.9 Å². The molecule has 0 bridgehead atoms. The Morgan fingerprint density at radius 1 is 1.30 bits per heavy atom. The molecule has 2 amide bonds. The lowest BCUT2D eigenvalue weighted by molar-refractivity contribution is -0.139. The van der Waals surface area contributed by atoms with Crippen LogP contribution in [0.5, 0.6) is 0 Å². The first-order chi connectivity index (χ1) is 9.35. The second kappa shape index (κ2) is 6.60. The van der Waals surface area contributed by atoms with E-state index in [1.807, 2.05) is 5.32 Å². The first-order valence-electron chi connectivity index (χ1n) is 5.41. The van der Waals surface area contributed by atoms with E-state index in [0.717, 1.165) is 0 Å². The maximum atomic E-state index is 12.9. The fraction of sp³-hybridized carbons (Fsp3) is 0.167. The molecule has 108 valence electrons. The summed E-state index contributed by atoms with van der Waals surface area (Å²) in [5.41, 5.74) is -0.346. The molecule has 1 atom stereocenters. The van der Waals surface area contributed by atoms with Gasteiger partial charge in [0.2, 0.25) is 0 Å². The Bertz CT molecular complexity index is 526. The quantitative estimate of drug-likeness (QED) is 0.574. The van der Waals surface area contributed by atoms with E-state index in [0.29, 0.717) is 12.1 Å². The van der Waals surface area contributed by atoms with Crippen LogP contribution in [0.4, 0.5) is 23.7 Å². The van der Waals surface area contributed by atoms with Crippen LogP contribution in [0.1, 0.15) is 6.42 Å². The molecule has 1 aromatic carbocycles. The van der Waals surface area contributed by atoms with Gasteiger partial charge < -0.3 is 15.7 Å². The predicted octanol–water partition coefficient (Wildman–Crippen LogP) is 2.25. The maximum absolute atomic E-state index is 12.9. The number of anilines is 1. The van der Waals surface area contributed by atoms with Gasteiger partial charge in [-0.05, 0) is 6.42 Å². The van der Waals surface area contributed by atoms with Crippen molar-refractivity contribution in [3.63, 3.8) is 0 Å². The Balaban J connectivity index is 2.75. The van der Waals surface area contributed by atoms with Crippen LogP contribution in [-0.2, 0) is 4.79 Å². The number of halogens is 3. The SMILES string of the molecule is C=CCC(NC(=O)Nc1cc(F)c(F)c(F)c1)C(=O)O. The van der Waals surface area contributed by atoms with Gasteiger partial charge in [-0.15, -0.1) is 6.58 Å². The number of carboxylic acid groups (broad SMARTS) is 1. The van der Waals surface area contributed by atoms with Gasteiger partial charge in [0.1, 0.15) is 6.04 Å². The molecule has 0 saturated heterocycles. The minimum absolute atomic E-state index is 0.0328. The topological polar surface area (TPSA) is 78.4 Å². The largest absolute Gasteiger partial charge is 0.480 e. The summed E-state index contributed by atoms with van der Waals surface area (Å²) in [6.07, 6.45) is 1.26. The molecule has 20 heavy (non-hydrogen) atoms. The van der Waals surface area contributed by atoms with E-state index < -0.39 is 35.5 Å². The molecule has 0 aliphatic carbocycles. The van der Waals surface area contributed by atoms with Gasteiger partial charge in [0.15, 0.2) is 17.5 Å². The number of amides is 2. The monoisotopic (exact) mass is 288 g/mol. The highest BCUT2D eigenvalue weighted by molar-refractivity contribution is 5.92. The first-order valence-corrected chi connectivity index (χ1v) is 5.41. The van der Waals surface area contributed by atoms with Gasteiger partial charge in [0, 0.05) is 17.8 Å². The molecule has 8 heteroatoms. The second-order valence-corrected chi connectivity index (χ2v) is 3.77. The number of benzene rings is 1. The molecule has 0 aliphatic rings. The van der Waals surface area contributed by atoms with Crippen molar-refractivity contribution in [2.75, 3.05) is 5.32 Å². The highest BCUT2D eigenvalue weighted by atomic mass is 19.2. The number of hydrogen-bond acceptors (Lipinski definition) is 2. The third kappa shape index (κ3) is 4.01. The van der Waals surface area contributed by atoms with E-state index in [-0.39, 0.29) is 12.1 Å². The third-order valence-electron chi connectivity index (χ3n) is 2.25. The van der Waals surface area contributed by atoms with Crippen molar-refractivity contribution in [1.82, 2.24) is 5.32 Å². The van der Waals surface area contributed by atoms with Crippen LogP contribution < -0.4 is 10.6 Å². The van der Waals surface area contributed by atoms with Gasteiger partial charge in [-0.25, -0.2) is 22.8 Å². The molecule has 0 fully saturated rings. The lowest BCUT2D eigenvalue weighted by Crippen LogP contribution is -2.42. The first kappa shape index (κ1) is 15.5. The number of rotatable bonds is 5. The van der Waals surface area contributed by atoms with Crippen molar-refractivity contribution < 1.29 is 27.9 Å². The van der Waals surface area contributed by atoms with Crippen LogP contribution in [0.15, 0.2) is 24.8 Å². The minimum Gasteiger partial charge on any atom is -0.480 e. The van der Waals surface area contributed by atoms with Crippen molar-refractivity contribution in [2.24, 2.45) is 0 Å². The summed E-state index contributed by atoms with van der Waals surface area (Å²) in [5, 5.41) is 12.8. The number of urea groups is 1. The molecule has 5 nitrogen and oxygen atoms in total. The Morgan fingerprint density at radius 2 is 1.85 bits per heavy atom. The summed E-state index contributed by atoms with van der Waals surface area (Å²) in [5.74, 6) is -5.90. The number of aliphatic carboxylic acids is 1. The zero-order chi connectivity index (χ0) is 15.3. The molecule has 0 saturated carbocycles. The van der Waals surface area contributed by atoms with Gasteiger partial charge in [-0.1, -0.05) is 6.08 Å². The minimum atomic E-state index is -1.66. The summed E-state index contributed by atoms with van der Waals surface area (Å²) in [6.45, 7) is 3.33. The highest BCUT2D eigenvalue weighted by Crippen LogP contribution is 2.17. The van der Waals surface area contributed by atoms with Crippen LogP contribution in [-0.4, -0.2) is 23.1 Å². The van der Waals surface area contributed by atoms with Crippen molar-refractivity contribution in [1.29, 1.82) is 0 Å². The summed E-state index contributed by atoms with van der Waals surface area (Å²) in [6, 6.07) is -1.09. The standard InChI is InChI=1S/C12H11F3N2O3/c1-2-3-9(11(18)19)17-12(20)16-6-4-7(13)10(15)8(14)5-6/h2,4-5,9H,1,3H2,(H,18,19)(H2,16,17,20). The van der Waals surface area contributed by atoms with Crippen molar-refractivity contribution in [3.8, 4) is 0 Å². The molecule has 3 N–H and O–H groups in total. The fourth-order valence-electron chi connectivity index (χ4n) is 1.34. The molecule has 1 rings (SSSR count). The molecular weight excluding hydrogens is 277 g/mol. The van der Waals surface area contributed by atoms with Crippen LogP contribution in [0.3, 0.4) is 0 Å². The normalized spacial score (nSPS) is 11.6. The number of nitrogens with one attached hydrogen (secondary N) is 2. The van der Waals surface area contributed by atoms with Crippen molar-refractivity contribution in [3.05, 3.63) is 42.2 Å². The van der Waals surface area contributed by atoms with Gasteiger partial charge in [-0.2, -0.15) is 0 Å². The number of carboxylic acids is 1. The number of hydrogen-bond donors (Lipinski definition) is 3. The fourth-order valence-corrected chi connectivity index (χ4v) is 1.34. The highest BCUT2D eigenvalue weighted by Gasteiger charge is 2.19. The van der Waals surface area contributed by atoms with Crippen LogP contribution >= 0.6 is 0 Å². The van der Waals surface area contributed by atoms with Crippen LogP contribution in [0.25, 0.3) is 0 Å².